The molecule has 2 N–H and O–H groups in total. The largest absolute Gasteiger partial charge is 0.490 e. The number of alkyl halides is 3. The summed E-state index contributed by atoms with van der Waals surface area (Å²) in [5.41, 5.74) is 0.373. The Kier molecular flexibility index (Phi) is 9.90. The maximum absolute atomic E-state index is 13.4. The first-order valence-corrected chi connectivity index (χ1v) is 10.9. The summed E-state index contributed by atoms with van der Waals surface area (Å²) < 4.78 is 45.1. The topological polar surface area (TPSA) is 90.0 Å². The van der Waals surface area contributed by atoms with E-state index in [9.17, 15) is 27.2 Å². The van der Waals surface area contributed by atoms with E-state index in [4.69, 9.17) is 21.5 Å². The normalized spacial score (nSPS) is 16.7. The van der Waals surface area contributed by atoms with E-state index in [0.29, 0.717) is 31.6 Å². The molecule has 0 aromatic heterocycles. The SMILES string of the molecule is O=C(CCN(C(=O)c1ccc(F)c(Cl)c1)C1CCCC1)N1CCNCC1.O=C(O)C(F)(F)F. The van der Waals surface area contributed by atoms with E-state index in [1.54, 1.807) is 4.90 Å². The number of hydrogen-bond acceptors (Lipinski definition) is 4. The van der Waals surface area contributed by atoms with Crippen molar-refractivity contribution < 1.29 is 37.1 Å². The third kappa shape index (κ3) is 8.15. The van der Waals surface area contributed by atoms with Gasteiger partial charge in [0, 0.05) is 50.7 Å². The summed E-state index contributed by atoms with van der Waals surface area (Å²) in [5, 5.41) is 10.3. The van der Waals surface area contributed by atoms with E-state index in [1.807, 2.05) is 4.90 Å². The molecule has 0 unspecified atom stereocenters. The lowest BCUT2D eigenvalue weighted by atomic mass is 10.1. The first-order chi connectivity index (χ1) is 15.5. The minimum absolute atomic E-state index is 0.0564. The summed E-state index contributed by atoms with van der Waals surface area (Å²) in [5.74, 6) is -3.39. The molecule has 2 amide bonds. The standard InChI is InChI=1S/C19H25ClFN3O2.C2HF3O2/c20-16-13-14(5-6-17(16)21)19(26)24(15-3-1-2-4-15)10-7-18(25)23-11-8-22-9-12-23;3-2(4,5)1(6)7/h5-6,13,15,22H,1-4,7-12H2;(H,6,7). The van der Waals surface area contributed by atoms with Crippen molar-refractivity contribution in [2.24, 2.45) is 0 Å². The van der Waals surface area contributed by atoms with Crippen molar-refractivity contribution in [1.82, 2.24) is 15.1 Å². The van der Waals surface area contributed by atoms with Crippen molar-refractivity contribution in [3.8, 4) is 0 Å². The third-order valence-corrected chi connectivity index (χ3v) is 5.76. The Morgan fingerprint density at radius 3 is 2.24 bits per heavy atom. The highest BCUT2D eigenvalue weighted by Crippen LogP contribution is 2.26. The minimum atomic E-state index is -5.08. The number of piperazine rings is 1. The van der Waals surface area contributed by atoms with Crippen LogP contribution in [-0.4, -0.2) is 77.6 Å². The molecule has 0 spiro atoms. The first kappa shape index (κ1) is 26.8. The summed E-state index contributed by atoms with van der Waals surface area (Å²) >= 11 is 5.84. The molecule has 1 aliphatic carbocycles. The number of carbonyl (C=O) groups is 3. The molecule has 2 fully saturated rings. The molecular weight excluding hydrogens is 470 g/mol. The lowest BCUT2D eigenvalue weighted by Gasteiger charge is -2.31. The van der Waals surface area contributed by atoms with Crippen LogP contribution in [0.5, 0.6) is 0 Å². The van der Waals surface area contributed by atoms with Crippen LogP contribution in [0.1, 0.15) is 42.5 Å². The molecule has 0 radical (unpaired) electrons. The van der Waals surface area contributed by atoms with Crippen molar-refractivity contribution in [1.29, 1.82) is 0 Å². The number of carboxylic acid groups (broad SMARTS) is 1. The number of carboxylic acids is 1. The van der Waals surface area contributed by atoms with Crippen LogP contribution in [0.25, 0.3) is 0 Å². The average molecular weight is 496 g/mol. The predicted octanol–water partition coefficient (Wildman–Crippen LogP) is 3.32. The Bertz CT molecular complexity index is 841. The van der Waals surface area contributed by atoms with E-state index in [2.05, 4.69) is 5.32 Å². The summed E-state index contributed by atoms with van der Waals surface area (Å²) in [6.07, 6.45) is -0.698. The molecule has 33 heavy (non-hydrogen) atoms. The average Bonchev–Trinajstić information content (AvgIpc) is 3.30. The van der Waals surface area contributed by atoms with Gasteiger partial charge in [0.25, 0.3) is 5.91 Å². The molecule has 2 aliphatic rings. The van der Waals surface area contributed by atoms with Crippen LogP contribution < -0.4 is 5.32 Å². The van der Waals surface area contributed by atoms with Gasteiger partial charge in [-0.25, -0.2) is 9.18 Å². The van der Waals surface area contributed by atoms with Gasteiger partial charge in [-0.15, -0.1) is 0 Å². The fourth-order valence-electron chi connectivity index (χ4n) is 3.75. The molecule has 1 aliphatic heterocycles. The zero-order chi connectivity index (χ0) is 24.6. The van der Waals surface area contributed by atoms with Crippen LogP contribution in [0.3, 0.4) is 0 Å². The smallest absolute Gasteiger partial charge is 0.475 e. The van der Waals surface area contributed by atoms with Crippen LogP contribution in [0.15, 0.2) is 18.2 Å². The molecule has 1 heterocycles. The van der Waals surface area contributed by atoms with Crippen LogP contribution in [0, 0.1) is 5.82 Å². The quantitative estimate of drug-likeness (QED) is 0.612. The van der Waals surface area contributed by atoms with Crippen LogP contribution in [0.2, 0.25) is 5.02 Å². The maximum atomic E-state index is 13.4. The fourth-order valence-corrected chi connectivity index (χ4v) is 3.93. The Morgan fingerprint density at radius 1 is 1.15 bits per heavy atom. The number of nitrogens with zero attached hydrogens (tertiary/aromatic N) is 2. The van der Waals surface area contributed by atoms with Crippen LogP contribution in [0.4, 0.5) is 17.6 Å². The molecule has 7 nitrogen and oxygen atoms in total. The van der Waals surface area contributed by atoms with Gasteiger partial charge in [0.15, 0.2) is 0 Å². The van der Waals surface area contributed by atoms with Gasteiger partial charge in [0.2, 0.25) is 5.91 Å². The number of halogens is 5. The van der Waals surface area contributed by atoms with Crippen molar-refractivity contribution in [3.05, 3.63) is 34.6 Å². The van der Waals surface area contributed by atoms with Gasteiger partial charge in [-0.2, -0.15) is 13.2 Å². The number of carbonyl (C=O) groups excluding carboxylic acids is 2. The molecule has 3 rings (SSSR count). The van der Waals surface area contributed by atoms with Crippen molar-refractivity contribution in [2.75, 3.05) is 32.7 Å². The van der Waals surface area contributed by atoms with E-state index in [-0.39, 0.29) is 22.9 Å². The van der Waals surface area contributed by atoms with E-state index in [0.717, 1.165) is 38.8 Å². The highest BCUT2D eigenvalue weighted by atomic mass is 35.5. The third-order valence-electron chi connectivity index (χ3n) is 5.47. The van der Waals surface area contributed by atoms with Gasteiger partial charge in [-0.3, -0.25) is 9.59 Å². The molecule has 0 atom stereocenters. The zero-order valence-corrected chi connectivity index (χ0v) is 18.6. The van der Waals surface area contributed by atoms with Crippen molar-refractivity contribution in [2.45, 2.75) is 44.3 Å². The van der Waals surface area contributed by atoms with Crippen molar-refractivity contribution >= 4 is 29.4 Å². The minimum Gasteiger partial charge on any atom is -0.475 e. The monoisotopic (exact) mass is 495 g/mol. The van der Waals surface area contributed by atoms with Crippen LogP contribution in [-0.2, 0) is 9.59 Å². The van der Waals surface area contributed by atoms with E-state index in [1.165, 1.54) is 18.2 Å². The highest BCUT2D eigenvalue weighted by Gasteiger charge is 2.38. The van der Waals surface area contributed by atoms with E-state index < -0.39 is 18.0 Å². The number of amides is 2. The molecule has 12 heteroatoms. The second-order valence-electron chi connectivity index (χ2n) is 7.75. The molecule has 1 aromatic rings. The molecule has 184 valence electrons. The summed E-state index contributed by atoms with van der Waals surface area (Å²) in [6.45, 7) is 3.44. The Balaban J connectivity index is 0.000000479. The van der Waals surface area contributed by atoms with Crippen LogP contribution >= 0.6 is 11.6 Å². The van der Waals surface area contributed by atoms with E-state index >= 15 is 0 Å². The number of benzene rings is 1. The summed E-state index contributed by atoms with van der Waals surface area (Å²) in [7, 11) is 0. The number of aliphatic carboxylic acids is 1. The first-order valence-electron chi connectivity index (χ1n) is 10.6. The Hall–Kier alpha value is -2.40. The fraction of sp³-hybridized carbons (Fsp3) is 0.571. The van der Waals surface area contributed by atoms with Gasteiger partial charge in [-0.05, 0) is 31.0 Å². The summed E-state index contributed by atoms with van der Waals surface area (Å²) in [4.78, 5) is 38.0. The second kappa shape index (κ2) is 12.2. The molecule has 0 bridgehead atoms. The summed E-state index contributed by atoms with van der Waals surface area (Å²) in [6, 6.07) is 4.19. The number of hydrogen-bond donors (Lipinski definition) is 2. The van der Waals surface area contributed by atoms with Gasteiger partial charge in [0.05, 0.1) is 5.02 Å². The lowest BCUT2D eigenvalue weighted by Crippen LogP contribution is -2.48. The second-order valence-corrected chi connectivity index (χ2v) is 8.16. The number of rotatable bonds is 5. The number of nitrogens with one attached hydrogen (secondary N) is 1. The van der Waals surface area contributed by atoms with Gasteiger partial charge >= 0.3 is 12.1 Å². The van der Waals surface area contributed by atoms with Crippen molar-refractivity contribution in [3.63, 3.8) is 0 Å². The van der Waals surface area contributed by atoms with Gasteiger partial charge in [-0.1, -0.05) is 24.4 Å². The highest BCUT2D eigenvalue weighted by molar-refractivity contribution is 6.31. The molecule has 1 aromatic carbocycles. The van der Waals surface area contributed by atoms with Gasteiger partial charge < -0.3 is 20.2 Å². The molecule has 1 saturated carbocycles. The Labute approximate surface area is 193 Å². The molecular formula is C21H26ClF4N3O4. The zero-order valence-electron chi connectivity index (χ0n) is 17.8. The lowest BCUT2D eigenvalue weighted by molar-refractivity contribution is -0.192. The van der Waals surface area contributed by atoms with Gasteiger partial charge in [0.1, 0.15) is 5.82 Å². The molecule has 1 saturated heterocycles. The maximum Gasteiger partial charge on any atom is 0.490 e. The predicted molar refractivity (Wildman–Crippen MR) is 112 cm³/mol. The Morgan fingerprint density at radius 2 is 1.73 bits per heavy atom.